The minimum absolute atomic E-state index is 0.117. The molecule has 1 atom stereocenters. The average molecular weight is 408 g/mol. The highest BCUT2D eigenvalue weighted by Crippen LogP contribution is 2.34. The van der Waals surface area contributed by atoms with Gasteiger partial charge in [0.25, 0.3) is 0 Å². The van der Waals surface area contributed by atoms with Gasteiger partial charge in [0.15, 0.2) is 11.5 Å². The van der Waals surface area contributed by atoms with Crippen LogP contribution in [0.3, 0.4) is 0 Å². The zero-order chi connectivity index (χ0) is 22.4. The van der Waals surface area contributed by atoms with Crippen LogP contribution in [-0.4, -0.2) is 31.1 Å². The van der Waals surface area contributed by atoms with E-state index in [1.807, 2.05) is 13.8 Å². The van der Waals surface area contributed by atoms with E-state index in [2.05, 4.69) is 4.74 Å². The van der Waals surface area contributed by atoms with Crippen LogP contribution < -0.4 is 15.2 Å². The molecule has 0 amide bonds. The number of ether oxygens (including phenoxy) is 3. The molecule has 0 saturated carbocycles. The zero-order valence-electron chi connectivity index (χ0n) is 18.5. The van der Waals surface area contributed by atoms with Gasteiger partial charge in [0.05, 0.1) is 17.9 Å². The van der Waals surface area contributed by atoms with Gasteiger partial charge in [0, 0.05) is 0 Å². The van der Waals surface area contributed by atoms with Gasteiger partial charge in [0.2, 0.25) is 0 Å². The summed E-state index contributed by atoms with van der Waals surface area (Å²) < 4.78 is 15.8. The predicted octanol–water partition coefficient (Wildman–Crippen LogP) is 3.41. The van der Waals surface area contributed by atoms with E-state index in [1.165, 1.54) is 7.11 Å². The first kappa shape index (κ1) is 24.6. The minimum atomic E-state index is -0.858. The normalized spacial score (nSPS) is 12.8. The lowest BCUT2D eigenvalue weighted by atomic mass is 9.90. The summed E-state index contributed by atoms with van der Waals surface area (Å²) in [6, 6.07) is 3.92. The fourth-order valence-electron chi connectivity index (χ4n) is 2.10. The van der Waals surface area contributed by atoms with Crippen LogP contribution in [0.5, 0.6) is 11.5 Å². The van der Waals surface area contributed by atoms with Crippen molar-refractivity contribution >= 4 is 17.9 Å². The Morgan fingerprint density at radius 2 is 1.41 bits per heavy atom. The van der Waals surface area contributed by atoms with Gasteiger partial charge < -0.3 is 19.9 Å². The number of esters is 3. The maximum atomic E-state index is 12.6. The number of carbonyl (C=O) groups excluding carboxylic acids is 3. The van der Waals surface area contributed by atoms with Crippen LogP contribution in [-0.2, 0) is 25.5 Å². The lowest BCUT2D eigenvalue weighted by molar-refractivity contribution is -0.147. The van der Waals surface area contributed by atoms with Crippen molar-refractivity contribution in [2.45, 2.75) is 66.8 Å². The minimum Gasteiger partial charge on any atom is -0.468 e. The molecule has 0 aromatic heterocycles. The second-order valence-electron chi connectivity index (χ2n) is 8.37. The molecular weight excluding hydrogens is 374 g/mol. The van der Waals surface area contributed by atoms with Crippen LogP contribution in [0.1, 0.15) is 59.9 Å². The summed E-state index contributed by atoms with van der Waals surface area (Å²) in [5.74, 6) is -1.15. The Bertz CT molecular complexity index is 754. The lowest BCUT2D eigenvalue weighted by Crippen LogP contribution is -2.33. The topological polar surface area (TPSA) is 105 Å². The predicted molar refractivity (Wildman–Crippen MR) is 110 cm³/mol. The van der Waals surface area contributed by atoms with E-state index in [9.17, 15) is 14.4 Å². The van der Waals surface area contributed by atoms with Gasteiger partial charge in [-0.05, 0) is 64.7 Å². The number of carbonyl (C=O) groups is 3. The van der Waals surface area contributed by atoms with Crippen molar-refractivity contribution in [2.24, 2.45) is 16.6 Å². The SMILES string of the molecule is CCC(C)(C)C(=O)Oc1ccc(CC(N)C(=O)OC)cc1OC(=O)C(C)(C)CC. The highest BCUT2D eigenvalue weighted by Gasteiger charge is 2.31. The summed E-state index contributed by atoms with van der Waals surface area (Å²) in [5, 5.41) is 0. The van der Waals surface area contributed by atoms with Crippen molar-refractivity contribution in [1.29, 1.82) is 0 Å². The van der Waals surface area contributed by atoms with Crippen LogP contribution in [0.25, 0.3) is 0 Å². The molecule has 0 aliphatic carbocycles. The van der Waals surface area contributed by atoms with Crippen molar-refractivity contribution < 1.29 is 28.6 Å². The molecule has 0 heterocycles. The summed E-state index contributed by atoms with van der Waals surface area (Å²) in [5.41, 5.74) is 5.09. The third kappa shape index (κ3) is 6.56. The Balaban J connectivity index is 3.24. The highest BCUT2D eigenvalue weighted by molar-refractivity contribution is 5.81. The zero-order valence-corrected chi connectivity index (χ0v) is 18.5. The molecule has 162 valence electrons. The van der Waals surface area contributed by atoms with Crippen LogP contribution in [0, 0.1) is 10.8 Å². The fourth-order valence-corrected chi connectivity index (χ4v) is 2.10. The van der Waals surface area contributed by atoms with Crippen molar-refractivity contribution in [2.75, 3.05) is 7.11 Å². The molecule has 1 unspecified atom stereocenters. The van der Waals surface area contributed by atoms with E-state index in [4.69, 9.17) is 15.2 Å². The largest absolute Gasteiger partial charge is 0.468 e. The first-order chi connectivity index (χ1) is 13.4. The first-order valence-corrected chi connectivity index (χ1v) is 9.78. The molecule has 7 heteroatoms. The molecule has 29 heavy (non-hydrogen) atoms. The van der Waals surface area contributed by atoms with Crippen LogP contribution >= 0.6 is 0 Å². The van der Waals surface area contributed by atoms with Gasteiger partial charge in [0.1, 0.15) is 6.04 Å². The number of rotatable bonds is 9. The molecule has 7 nitrogen and oxygen atoms in total. The number of hydrogen-bond acceptors (Lipinski definition) is 7. The second kappa shape index (κ2) is 9.87. The summed E-state index contributed by atoms with van der Waals surface area (Å²) >= 11 is 0. The first-order valence-electron chi connectivity index (χ1n) is 9.78. The Labute approximate surface area is 172 Å². The maximum absolute atomic E-state index is 12.6. The molecule has 1 rings (SSSR count). The van der Waals surface area contributed by atoms with Crippen LogP contribution in [0.15, 0.2) is 18.2 Å². The number of nitrogens with two attached hydrogens (primary N) is 1. The molecule has 0 aliphatic heterocycles. The highest BCUT2D eigenvalue weighted by atomic mass is 16.6. The molecule has 0 saturated heterocycles. The van der Waals surface area contributed by atoms with E-state index in [0.717, 1.165) is 0 Å². The van der Waals surface area contributed by atoms with E-state index >= 15 is 0 Å². The molecule has 0 radical (unpaired) electrons. The maximum Gasteiger partial charge on any atom is 0.322 e. The van der Waals surface area contributed by atoms with E-state index in [1.54, 1.807) is 45.9 Å². The molecule has 0 bridgehead atoms. The average Bonchev–Trinajstić information content (AvgIpc) is 2.68. The van der Waals surface area contributed by atoms with E-state index < -0.39 is 34.8 Å². The summed E-state index contributed by atoms with van der Waals surface area (Å²) in [4.78, 5) is 36.7. The van der Waals surface area contributed by atoms with Crippen molar-refractivity contribution in [3.63, 3.8) is 0 Å². The Morgan fingerprint density at radius 3 is 1.86 bits per heavy atom. The molecule has 2 N–H and O–H groups in total. The van der Waals surface area contributed by atoms with Gasteiger partial charge in [-0.2, -0.15) is 0 Å². The fraction of sp³-hybridized carbons (Fsp3) is 0.591. The summed E-state index contributed by atoms with van der Waals surface area (Å²) in [6.07, 6.45) is 1.36. The quantitative estimate of drug-likeness (QED) is 0.494. The Morgan fingerprint density at radius 1 is 0.931 bits per heavy atom. The monoisotopic (exact) mass is 407 g/mol. The lowest BCUT2D eigenvalue weighted by Gasteiger charge is -2.23. The Kier molecular flexibility index (Phi) is 8.38. The van der Waals surface area contributed by atoms with E-state index in [-0.39, 0.29) is 17.9 Å². The number of benzene rings is 1. The molecule has 0 fully saturated rings. The molecular formula is C22H33NO6. The standard InChI is InChI=1S/C22H33NO6/c1-8-21(3,4)19(25)28-16-11-10-14(12-15(23)18(24)27-7)13-17(16)29-20(26)22(5,6)9-2/h10-11,13,15H,8-9,12,23H2,1-7H3. The van der Waals surface area contributed by atoms with Gasteiger partial charge in [-0.15, -0.1) is 0 Å². The van der Waals surface area contributed by atoms with Gasteiger partial charge in [-0.3, -0.25) is 14.4 Å². The van der Waals surface area contributed by atoms with Crippen molar-refractivity contribution in [3.8, 4) is 11.5 Å². The third-order valence-corrected chi connectivity index (χ3v) is 5.25. The van der Waals surface area contributed by atoms with Crippen LogP contribution in [0.2, 0.25) is 0 Å². The molecule has 0 spiro atoms. The van der Waals surface area contributed by atoms with Gasteiger partial charge in [-0.1, -0.05) is 19.9 Å². The summed E-state index contributed by atoms with van der Waals surface area (Å²) in [6.45, 7) is 10.9. The molecule has 1 aromatic carbocycles. The van der Waals surface area contributed by atoms with Gasteiger partial charge >= 0.3 is 17.9 Å². The van der Waals surface area contributed by atoms with Crippen molar-refractivity contribution in [3.05, 3.63) is 23.8 Å². The smallest absolute Gasteiger partial charge is 0.322 e. The molecule has 1 aromatic rings. The molecule has 0 aliphatic rings. The van der Waals surface area contributed by atoms with E-state index in [0.29, 0.717) is 18.4 Å². The number of methoxy groups -OCH3 is 1. The van der Waals surface area contributed by atoms with Crippen LogP contribution in [0.4, 0.5) is 0 Å². The van der Waals surface area contributed by atoms with Crippen molar-refractivity contribution in [1.82, 2.24) is 0 Å². The second-order valence-corrected chi connectivity index (χ2v) is 8.37. The Hall–Kier alpha value is -2.41. The number of hydrogen-bond donors (Lipinski definition) is 1. The van der Waals surface area contributed by atoms with Gasteiger partial charge in [-0.25, -0.2) is 0 Å². The summed E-state index contributed by atoms with van der Waals surface area (Å²) in [7, 11) is 1.26. The third-order valence-electron chi connectivity index (χ3n) is 5.25.